The molecule has 28 heavy (non-hydrogen) atoms. The highest BCUT2D eigenvalue weighted by Gasteiger charge is 2.14. The molecule has 0 aliphatic carbocycles. The third-order valence-electron chi connectivity index (χ3n) is 4.34. The standard InChI is InChI=1S/C19H16F2N6O/c1-2-27-16(7-8-24-27)25-19(28)14-11-26-15(9-23-17(26)10-22-14)12-3-5-13(6-4-12)18(20)21/h3-11,18H,2H2,1H3,(H,25,28). The van der Waals surface area contributed by atoms with Crippen molar-refractivity contribution in [2.75, 3.05) is 5.32 Å². The molecule has 0 fully saturated rings. The fourth-order valence-corrected chi connectivity index (χ4v) is 2.89. The van der Waals surface area contributed by atoms with Crippen LogP contribution in [0.1, 0.15) is 29.4 Å². The van der Waals surface area contributed by atoms with Gasteiger partial charge in [0.1, 0.15) is 11.5 Å². The van der Waals surface area contributed by atoms with Crippen molar-refractivity contribution in [3.8, 4) is 11.3 Å². The van der Waals surface area contributed by atoms with E-state index in [9.17, 15) is 13.6 Å². The van der Waals surface area contributed by atoms with Gasteiger partial charge >= 0.3 is 0 Å². The lowest BCUT2D eigenvalue weighted by Crippen LogP contribution is -2.17. The molecule has 0 radical (unpaired) electrons. The largest absolute Gasteiger partial charge is 0.305 e. The van der Waals surface area contributed by atoms with Crippen LogP contribution in [-0.4, -0.2) is 30.1 Å². The Morgan fingerprint density at radius 2 is 1.93 bits per heavy atom. The minimum Gasteiger partial charge on any atom is -0.305 e. The van der Waals surface area contributed by atoms with Crippen LogP contribution in [0.4, 0.5) is 14.6 Å². The van der Waals surface area contributed by atoms with Gasteiger partial charge in [0.2, 0.25) is 0 Å². The molecule has 0 aliphatic heterocycles. The van der Waals surface area contributed by atoms with Crippen LogP contribution in [0.5, 0.6) is 0 Å². The van der Waals surface area contributed by atoms with Gasteiger partial charge in [0.05, 0.1) is 24.3 Å². The van der Waals surface area contributed by atoms with Gasteiger partial charge in [-0.25, -0.2) is 23.4 Å². The monoisotopic (exact) mass is 382 g/mol. The first-order valence-electron chi connectivity index (χ1n) is 8.61. The van der Waals surface area contributed by atoms with E-state index in [1.165, 1.54) is 18.3 Å². The number of imidazole rings is 1. The number of hydrogen-bond acceptors (Lipinski definition) is 4. The molecule has 4 rings (SSSR count). The Morgan fingerprint density at radius 1 is 1.14 bits per heavy atom. The van der Waals surface area contributed by atoms with Crippen LogP contribution < -0.4 is 5.32 Å². The van der Waals surface area contributed by atoms with Crippen LogP contribution in [0.3, 0.4) is 0 Å². The van der Waals surface area contributed by atoms with E-state index in [1.807, 2.05) is 6.92 Å². The number of hydrogen-bond donors (Lipinski definition) is 1. The summed E-state index contributed by atoms with van der Waals surface area (Å²) in [5.74, 6) is 0.188. The summed E-state index contributed by atoms with van der Waals surface area (Å²) in [4.78, 5) is 21.0. The number of nitrogens with one attached hydrogen (secondary N) is 1. The quantitative estimate of drug-likeness (QED) is 0.570. The van der Waals surface area contributed by atoms with Crippen molar-refractivity contribution >= 4 is 17.4 Å². The molecule has 0 aliphatic rings. The number of carbonyl (C=O) groups is 1. The molecule has 1 amide bonds. The molecule has 9 heteroatoms. The van der Waals surface area contributed by atoms with Crippen LogP contribution in [0, 0.1) is 0 Å². The molecule has 0 saturated carbocycles. The molecule has 0 bridgehead atoms. The summed E-state index contributed by atoms with van der Waals surface area (Å²) in [6.45, 7) is 2.54. The first-order valence-corrected chi connectivity index (χ1v) is 8.61. The number of amides is 1. The van der Waals surface area contributed by atoms with Crippen LogP contribution in [-0.2, 0) is 6.54 Å². The van der Waals surface area contributed by atoms with Gasteiger partial charge in [0.25, 0.3) is 12.3 Å². The molecular weight excluding hydrogens is 366 g/mol. The van der Waals surface area contributed by atoms with Crippen LogP contribution in [0.2, 0.25) is 0 Å². The van der Waals surface area contributed by atoms with Crippen LogP contribution >= 0.6 is 0 Å². The number of benzene rings is 1. The second-order valence-corrected chi connectivity index (χ2v) is 6.05. The van der Waals surface area contributed by atoms with E-state index in [0.717, 1.165) is 0 Å². The Morgan fingerprint density at radius 3 is 2.64 bits per heavy atom. The number of nitrogens with zero attached hydrogens (tertiary/aromatic N) is 5. The SMILES string of the molecule is CCn1nccc1NC(=O)c1cn2c(-c3ccc(C(F)F)cc3)cnc2cn1. The van der Waals surface area contributed by atoms with Gasteiger partial charge < -0.3 is 5.32 Å². The summed E-state index contributed by atoms with van der Waals surface area (Å²) in [5, 5.41) is 6.88. The third kappa shape index (κ3) is 3.22. The summed E-state index contributed by atoms with van der Waals surface area (Å²) in [7, 11) is 0. The van der Waals surface area contributed by atoms with Gasteiger partial charge in [-0.05, 0) is 6.92 Å². The zero-order chi connectivity index (χ0) is 19.7. The fourth-order valence-electron chi connectivity index (χ4n) is 2.89. The molecule has 4 aromatic rings. The molecule has 0 spiro atoms. The predicted octanol–water partition coefficient (Wildman–Crippen LogP) is 3.80. The Balaban J connectivity index is 1.67. The van der Waals surface area contributed by atoms with Crippen LogP contribution in [0.25, 0.3) is 16.9 Å². The highest BCUT2D eigenvalue weighted by molar-refractivity contribution is 6.02. The highest BCUT2D eigenvalue weighted by atomic mass is 19.3. The zero-order valence-corrected chi connectivity index (χ0v) is 14.9. The molecule has 0 atom stereocenters. The number of alkyl halides is 2. The van der Waals surface area contributed by atoms with Crippen molar-refractivity contribution in [1.29, 1.82) is 0 Å². The van der Waals surface area contributed by atoms with E-state index in [0.29, 0.717) is 29.3 Å². The van der Waals surface area contributed by atoms with E-state index in [-0.39, 0.29) is 17.2 Å². The molecule has 3 aromatic heterocycles. The molecule has 7 nitrogen and oxygen atoms in total. The molecule has 1 aromatic carbocycles. The van der Waals surface area contributed by atoms with Crippen molar-refractivity contribution in [3.63, 3.8) is 0 Å². The molecule has 0 saturated heterocycles. The number of anilines is 1. The van der Waals surface area contributed by atoms with Gasteiger partial charge in [-0.15, -0.1) is 0 Å². The van der Waals surface area contributed by atoms with E-state index in [4.69, 9.17) is 0 Å². The first kappa shape index (κ1) is 17.8. The molecule has 1 N–H and O–H groups in total. The maximum atomic E-state index is 12.8. The lowest BCUT2D eigenvalue weighted by Gasteiger charge is -2.08. The van der Waals surface area contributed by atoms with Crippen molar-refractivity contribution in [1.82, 2.24) is 24.1 Å². The number of aromatic nitrogens is 5. The van der Waals surface area contributed by atoms with Gasteiger partial charge in [-0.3, -0.25) is 9.20 Å². The van der Waals surface area contributed by atoms with Gasteiger partial charge in [-0.1, -0.05) is 24.3 Å². The summed E-state index contributed by atoms with van der Waals surface area (Å²) in [6.07, 6.45) is 3.76. The Kier molecular flexibility index (Phi) is 4.56. The summed E-state index contributed by atoms with van der Waals surface area (Å²) < 4.78 is 28.9. The molecule has 3 heterocycles. The number of aryl methyl sites for hydroxylation is 1. The second-order valence-electron chi connectivity index (χ2n) is 6.05. The van der Waals surface area contributed by atoms with E-state index in [2.05, 4.69) is 20.4 Å². The highest BCUT2D eigenvalue weighted by Crippen LogP contribution is 2.25. The topological polar surface area (TPSA) is 77.1 Å². The summed E-state index contributed by atoms with van der Waals surface area (Å²) in [6, 6.07) is 7.66. The van der Waals surface area contributed by atoms with Gasteiger partial charge in [0.15, 0.2) is 5.65 Å². The van der Waals surface area contributed by atoms with Crippen molar-refractivity contribution in [2.24, 2.45) is 0 Å². The van der Waals surface area contributed by atoms with E-state index < -0.39 is 6.43 Å². The Labute approximate surface area is 158 Å². The first-order chi connectivity index (χ1) is 13.6. The average Bonchev–Trinajstić information content (AvgIpc) is 3.33. The number of halogens is 2. The van der Waals surface area contributed by atoms with Crippen molar-refractivity contribution < 1.29 is 13.6 Å². The number of carbonyl (C=O) groups excluding carboxylic acids is 1. The average molecular weight is 382 g/mol. The van der Waals surface area contributed by atoms with Gasteiger partial charge in [0, 0.05) is 29.9 Å². The van der Waals surface area contributed by atoms with Crippen molar-refractivity contribution in [2.45, 2.75) is 19.9 Å². The van der Waals surface area contributed by atoms with Crippen molar-refractivity contribution in [3.05, 3.63) is 66.4 Å². The summed E-state index contributed by atoms with van der Waals surface area (Å²) >= 11 is 0. The minimum atomic E-state index is -2.52. The Bertz CT molecular complexity index is 1130. The zero-order valence-electron chi connectivity index (χ0n) is 14.9. The van der Waals surface area contributed by atoms with E-state index in [1.54, 1.807) is 45.9 Å². The predicted molar refractivity (Wildman–Crippen MR) is 99.2 cm³/mol. The summed E-state index contributed by atoms with van der Waals surface area (Å²) in [5.41, 5.74) is 2.07. The Hall–Kier alpha value is -3.62. The molecular formula is C19H16F2N6O. The number of rotatable bonds is 5. The lowest BCUT2D eigenvalue weighted by molar-refractivity contribution is 0.102. The molecule has 0 unspecified atom stereocenters. The number of fused-ring (bicyclic) bond motifs is 1. The third-order valence-corrected chi connectivity index (χ3v) is 4.34. The lowest BCUT2D eigenvalue weighted by atomic mass is 10.1. The van der Waals surface area contributed by atoms with E-state index >= 15 is 0 Å². The maximum absolute atomic E-state index is 12.8. The van der Waals surface area contributed by atoms with Gasteiger partial charge in [-0.2, -0.15) is 5.10 Å². The minimum absolute atomic E-state index is 0.0492. The molecule has 142 valence electrons. The second kappa shape index (κ2) is 7.18. The smallest absolute Gasteiger partial charge is 0.276 e. The maximum Gasteiger partial charge on any atom is 0.276 e. The normalized spacial score (nSPS) is 11.3. The van der Waals surface area contributed by atoms with Crippen LogP contribution in [0.15, 0.2) is 55.1 Å². The fraction of sp³-hybridized carbons (Fsp3) is 0.158.